The second-order valence-corrected chi connectivity index (χ2v) is 5.69. The van der Waals surface area contributed by atoms with E-state index >= 15 is 0 Å². The summed E-state index contributed by atoms with van der Waals surface area (Å²) >= 11 is 0. The number of nitrogens with one attached hydrogen (secondary N) is 1. The lowest BCUT2D eigenvalue weighted by Crippen LogP contribution is -2.35. The molecule has 0 bridgehead atoms. The van der Waals surface area contributed by atoms with Gasteiger partial charge in [0.25, 0.3) is 0 Å². The highest BCUT2D eigenvalue weighted by molar-refractivity contribution is 5.79. The number of hydrogen-bond acceptors (Lipinski definition) is 3. The van der Waals surface area contributed by atoms with Crippen LogP contribution in [-0.4, -0.2) is 41.2 Å². The minimum absolute atomic E-state index is 0.837. The Labute approximate surface area is 129 Å². The number of fused-ring (bicyclic) bond motifs is 1. The molecule has 0 spiro atoms. The van der Waals surface area contributed by atoms with Crippen molar-refractivity contribution in [3.05, 3.63) is 54.1 Å². The molecule has 1 aromatic heterocycles. The Balaban J connectivity index is 1.60. The van der Waals surface area contributed by atoms with E-state index in [0.29, 0.717) is 0 Å². The third-order valence-electron chi connectivity index (χ3n) is 4.10. The van der Waals surface area contributed by atoms with Crippen LogP contribution in [0.1, 0.15) is 5.56 Å². The maximum atomic E-state index is 5.41. The van der Waals surface area contributed by atoms with Gasteiger partial charge in [-0.05, 0) is 23.8 Å². The molecule has 1 aliphatic rings. The standard InChI is InChI=1S/C18H19N3O/c1-2-7-17-16(6-1)19-18(20-17)15-5-3-4-14(12-15)13-21-8-10-22-11-9-21/h1-7,12H,8-11,13H2,(H,19,20). The summed E-state index contributed by atoms with van der Waals surface area (Å²) in [6.07, 6.45) is 0. The number of rotatable bonds is 3. The smallest absolute Gasteiger partial charge is 0.138 e. The zero-order valence-electron chi connectivity index (χ0n) is 12.5. The van der Waals surface area contributed by atoms with E-state index in [0.717, 1.165) is 55.3 Å². The maximum Gasteiger partial charge on any atom is 0.138 e. The number of ether oxygens (including phenoxy) is 1. The maximum absolute atomic E-state index is 5.41. The van der Waals surface area contributed by atoms with Gasteiger partial charge in [0, 0.05) is 25.2 Å². The summed E-state index contributed by atoms with van der Waals surface area (Å²) in [5.74, 6) is 0.935. The first-order valence-corrected chi connectivity index (χ1v) is 7.73. The monoisotopic (exact) mass is 293 g/mol. The van der Waals surface area contributed by atoms with Gasteiger partial charge in [0.15, 0.2) is 0 Å². The number of benzene rings is 2. The molecule has 0 aliphatic carbocycles. The number of H-pyrrole nitrogens is 1. The number of morpholine rings is 1. The molecule has 2 heterocycles. The molecular weight excluding hydrogens is 274 g/mol. The Morgan fingerprint density at radius 2 is 1.91 bits per heavy atom. The van der Waals surface area contributed by atoms with Crippen molar-refractivity contribution in [2.24, 2.45) is 0 Å². The molecule has 112 valence electrons. The fraction of sp³-hybridized carbons (Fsp3) is 0.278. The van der Waals surface area contributed by atoms with E-state index in [1.54, 1.807) is 0 Å². The van der Waals surface area contributed by atoms with E-state index in [9.17, 15) is 0 Å². The lowest BCUT2D eigenvalue weighted by atomic mass is 10.1. The highest BCUT2D eigenvalue weighted by Gasteiger charge is 2.11. The van der Waals surface area contributed by atoms with Gasteiger partial charge in [0.1, 0.15) is 5.82 Å². The largest absolute Gasteiger partial charge is 0.379 e. The third-order valence-corrected chi connectivity index (χ3v) is 4.10. The SMILES string of the molecule is c1cc(CN2CCOCC2)cc(-c2nc3ccccc3[nH]2)c1. The van der Waals surface area contributed by atoms with E-state index in [-0.39, 0.29) is 0 Å². The summed E-state index contributed by atoms with van der Waals surface area (Å²) in [7, 11) is 0. The zero-order chi connectivity index (χ0) is 14.8. The molecule has 4 heteroatoms. The first-order chi connectivity index (χ1) is 10.9. The molecule has 0 atom stereocenters. The number of hydrogen-bond donors (Lipinski definition) is 1. The normalized spacial score (nSPS) is 16.2. The van der Waals surface area contributed by atoms with Crippen LogP contribution in [-0.2, 0) is 11.3 Å². The number of aromatic amines is 1. The first kappa shape index (κ1) is 13.5. The van der Waals surface area contributed by atoms with Crippen molar-refractivity contribution in [3.8, 4) is 11.4 Å². The van der Waals surface area contributed by atoms with Gasteiger partial charge in [0.2, 0.25) is 0 Å². The Bertz CT molecular complexity index is 742. The molecule has 0 radical (unpaired) electrons. The molecule has 1 saturated heterocycles. The van der Waals surface area contributed by atoms with Crippen LogP contribution in [0.4, 0.5) is 0 Å². The second kappa shape index (κ2) is 5.91. The first-order valence-electron chi connectivity index (χ1n) is 7.73. The van der Waals surface area contributed by atoms with Crippen molar-refractivity contribution in [1.29, 1.82) is 0 Å². The lowest BCUT2D eigenvalue weighted by molar-refractivity contribution is 0.0342. The van der Waals surface area contributed by atoms with Gasteiger partial charge in [0.05, 0.1) is 24.2 Å². The zero-order valence-corrected chi connectivity index (χ0v) is 12.5. The van der Waals surface area contributed by atoms with Gasteiger partial charge in [-0.3, -0.25) is 4.90 Å². The summed E-state index contributed by atoms with van der Waals surface area (Å²) in [6.45, 7) is 4.66. The molecule has 3 aromatic rings. The van der Waals surface area contributed by atoms with Gasteiger partial charge in [-0.15, -0.1) is 0 Å². The highest BCUT2D eigenvalue weighted by Crippen LogP contribution is 2.21. The van der Waals surface area contributed by atoms with Crippen molar-refractivity contribution in [2.75, 3.05) is 26.3 Å². The van der Waals surface area contributed by atoms with Crippen molar-refractivity contribution >= 4 is 11.0 Å². The molecule has 1 aliphatic heterocycles. The van der Waals surface area contributed by atoms with Crippen molar-refractivity contribution < 1.29 is 4.74 Å². The number of para-hydroxylation sites is 2. The molecule has 0 saturated carbocycles. The van der Waals surface area contributed by atoms with E-state index in [4.69, 9.17) is 4.74 Å². The van der Waals surface area contributed by atoms with Crippen molar-refractivity contribution in [1.82, 2.24) is 14.9 Å². The second-order valence-electron chi connectivity index (χ2n) is 5.69. The van der Waals surface area contributed by atoms with Gasteiger partial charge in [-0.1, -0.05) is 30.3 Å². The summed E-state index contributed by atoms with van der Waals surface area (Å²) in [6, 6.07) is 16.8. The van der Waals surface area contributed by atoms with Crippen LogP contribution in [0.5, 0.6) is 0 Å². The van der Waals surface area contributed by atoms with Gasteiger partial charge in [-0.2, -0.15) is 0 Å². The van der Waals surface area contributed by atoms with E-state index in [1.165, 1.54) is 5.56 Å². The quantitative estimate of drug-likeness (QED) is 0.807. The molecule has 4 rings (SSSR count). The van der Waals surface area contributed by atoms with Crippen LogP contribution in [0.15, 0.2) is 48.5 Å². The molecule has 1 fully saturated rings. The fourth-order valence-corrected chi connectivity index (χ4v) is 2.92. The summed E-state index contributed by atoms with van der Waals surface area (Å²) in [4.78, 5) is 10.5. The fourth-order valence-electron chi connectivity index (χ4n) is 2.92. The van der Waals surface area contributed by atoms with E-state index in [1.807, 2.05) is 18.2 Å². The molecule has 2 aromatic carbocycles. The van der Waals surface area contributed by atoms with Crippen LogP contribution < -0.4 is 0 Å². The predicted octanol–water partition coefficient (Wildman–Crippen LogP) is 3.06. The minimum atomic E-state index is 0.837. The van der Waals surface area contributed by atoms with Crippen molar-refractivity contribution in [2.45, 2.75) is 6.54 Å². The average Bonchev–Trinajstić information content (AvgIpc) is 3.00. The summed E-state index contributed by atoms with van der Waals surface area (Å²) < 4.78 is 5.41. The Morgan fingerprint density at radius 1 is 1.05 bits per heavy atom. The Hall–Kier alpha value is -2.17. The molecule has 4 nitrogen and oxygen atoms in total. The summed E-state index contributed by atoms with van der Waals surface area (Å²) in [5, 5.41) is 0. The minimum Gasteiger partial charge on any atom is -0.379 e. The molecule has 0 amide bonds. The third kappa shape index (κ3) is 2.75. The van der Waals surface area contributed by atoms with E-state index < -0.39 is 0 Å². The number of nitrogens with zero attached hydrogens (tertiary/aromatic N) is 2. The van der Waals surface area contributed by atoms with Crippen LogP contribution in [0, 0.1) is 0 Å². The van der Waals surface area contributed by atoms with Crippen molar-refractivity contribution in [3.63, 3.8) is 0 Å². The topological polar surface area (TPSA) is 41.1 Å². The molecule has 0 unspecified atom stereocenters. The highest BCUT2D eigenvalue weighted by atomic mass is 16.5. The van der Waals surface area contributed by atoms with Gasteiger partial charge < -0.3 is 9.72 Å². The van der Waals surface area contributed by atoms with Crippen LogP contribution >= 0.6 is 0 Å². The lowest BCUT2D eigenvalue weighted by Gasteiger charge is -2.26. The Morgan fingerprint density at radius 3 is 2.77 bits per heavy atom. The van der Waals surface area contributed by atoms with E-state index in [2.05, 4.69) is 45.2 Å². The van der Waals surface area contributed by atoms with Crippen LogP contribution in [0.2, 0.25) is 0 Å². The molecule has 1 N–H and O–H groups in total. The van der Waals surface area contributed by atoms with Crippen LogP contribution in [0.3, 0.4) is 0 Å². The van der Waals surface area contributed by atoms with Crippen LogP contribution in [0.25, 0.3) is 22.4 Å². The Kier molecular flexibility index (Phi) is 3.62. The van der Waals surface area contributed by atoms with Gasteiger partial charge in [-0.25, -0.2) is 4.98 Å². The van der Waals surface area contributed by atoms with Gasteiger partial charge >= 0.3 is 0 Å². The average molecular weight is 293 g/mol. The molecular formula is C18H19N3O. The summed E-state index contributed by atoms with van der Waals surface area (Å²) in [5.41, 5.74) is 4.55. The number of aromatic nitrogens is 2. The molecule has 22 heavy (non-hydrogen) atoms. The predicted molar refractivity (Wildman–Crippen MR) is 87.6 cm³/mol. The number of imidazole rings is 1.